The van der Waals surface area contributed by atoms with E-state index in [0.717, 1.165) is 29.5 Å². The average Bonchev–Trinajstić information content (AvgIpc) is 2.96. The number of halogens is 3. The van der Waals surface area contributed by atoms with Gasteiger partial charge in [0.05, 0.1) is 11.3 Å². The summed E-state index contributed by atoms with van der Waals surface area (Å²) in [6.07, 6.45) is -0.228. The van der Waals surface area contributed by atoms with E-state index in [9.17, 15) is 18.0 Å². The van der Waals surface area contributed by atoms with Crippen molar-refractivity contribution in [3.8, 4) is 0 Å². The van der Waals surface area contributed by atoms with Gasteiger partial charge in [-0.3, -0.25) is 0 Å². The third kappa shape index (κ3) is 3.73. The van der Waals surface area contributed by atoms with Crippen LogP contribution in [0, 0.1) is 0 Å². The Kier molecular flexibility index (Phi) is 4.35. The van der Waals surface area contributed by atoms with Gasteiger partial charge in [-0.25, -0.2) is 9.78 Å². The Morgan fingerprint density at radius 3 is 2.56 bits per heavy atom. The van der Waals surface area contributed by atoms with E-state index in [4.69, 9.17) is 0 Å². The van der Waals surface area contributed by atoms with E-state index in [0.29, 0.717) is 11.3 Å². The first-order chi connectivity index (χ1) is 11.9. The maximum Gasteiger partial charge on any atom is 0.416 e. The number of alkyl halides is 3. The highest BCUT2D eigenvalue weighted by molar-refractivity contribution is 6.05. The first kappa shape index (κ1) is 16.8. The lowest BCUT2D eigenvalue weighted by atomic mass is 10.2. The molecule has 3 rings (SSSR count). The Hall–Kier alpha value is -3.03. The number of hydrogen-bond donors (Lipinski definition) is 3. The van der Waals surface area contributed by atoms with Crippen molar-refractivity contribution in [2.75, 3.05) is 10.6 Å². The fourth-order valence-corrected chi connectivity index (χ4v) is 2.37. The van der Waals surface area contributed by atoms with Gasteiger partial charge in [0.25, 0.3) is 0 Å². The van der Waals surface area contributed by atoms with Crippen LogP contribution < -0.4 is 10.6 Å². The molecular formula is C17H15F3N4O. The van der Waals surface area contributed by atoms with Crippen molar-refractivity contribution in [3.63, 3.8) is 0 Å². The Bertz CT molecular complexity index is 900. The molecule has 2 amide bonds. The van der Waals surface area contributed by atoms with Crippen molar-refractivity contribution in [1.29, 1.82) is 0 Å². The Morgan fingerprint density at radius 1 is 1.20 bits per heavy atom. The fraction of sp³-hybridized carbons (Fsp3) is 0.176. The van der Waals surface area contributed by atoms with Crippen LogP contribution in [-0.4, -0.2) is 16.0 Å². The average molecular weight is 348 g/mol. The summed E-state index contributed by atoms with van der Waals surface area (Å²) in [6, 6.07) is 5.61. The minimum atomic E-state index is -4.41. The predicted octanol–water partition coefficient (Wildman–Crippen LogP) is 4.79. The standard InChI is InChI=1S/C17H15F3N4O/c1-2-10-7-13-14(9-22-15(13)21-8-10)24-16(25)23-12-5-3-11(4-6-12)17(18,19)20/h3-9H,2H2,1H3,(H,21,22)(H2,23,24,25). The number of fused-ring (bicyclic) bond motifs is 1. The van der Waals surface area contributed by atoms with Gasteiger partial charge in [-0.2, -0.15) is 13.2 Å². The lowest BCUT2D eigenvalue weighted by molar-refractivity contribution is -0.137. The summed E-state index contributed by atoms with van der Waals surface area (Å²) in [5.74, 6) is 0. The van der Waals surface area contributed by atoms with Crippen molar-refractivity contribution in [1.82, 2.24) is 9.97 Å². The van der Waals surface area contributed by atoms with Gasteiger partial charge >= 0.3 is 12.2 Å². The van der Waals surface area contributed by atoms with Crippen LogP contribution in [0.4, 0.5) is 29.3 Å². The van der Waals surface area contributed by atoms with Gasteiger partial charge in [0.2, 0.25) is 0 Å². The summed E-state index contributed by atoms with van der Waals surface area (Å²) in [5, 5.41) is 5.93. The zero-order chi connectivity index (χ0) is 18.0. The topological polar surface area (TPSA) is 69.8 Å². The molecule has 0 aliphatic rings. The summed E-state index contributed by atoms with van der Waals surface area (Å²) in [7, 11) is 0. The predicted molar refractivity (Wildman–Crippen MR) is 89.6 cm³/mol. The Labute approximate surface area is 141 Å². The van der Waals surface area contributed by atoms with Gasteiger partial charge in [0.15, 0.2) is 0 Å². The van der Waals surface area contributed by atoms with Crippen molar-refractivity contribution in [3.05, 3.63) is 53.9 Å². The second-order valence-electron chi connectivity index (χ2n) is 5.45. The third-order valence-corrected chi connectivity index (χ3v) is 3.71. The highest BCUT2D eigenvalue weighted by Crippen LogP contribution is 2.30. The number of rotatable bonds is 3. The van der Waals surface area contributed by atoms with E-state index in [2.05, 4.69) is 20.6 Å². The molecule has 0 spiro atoms. The van der Waals surface area contributed by atoms with Crippen LogP contribution in [0.15, 0.2) is 42.7 Å². The zero-order valence-electron chi connectivity index (χ0n) is 13.2. The molecule has 2 heterocycles. The second-order valence-corrected chi connectivity index (χ2v) is 5.45. The molecule has 0 atom stereocenters. The van der Waals surface area contributed by atoms with Crippen LogP contribution in [0.1, 0.15) is 18.1 Å². The number of urea groups is 1. The smallest absolute Gasteiger partial charge is 0.344 e. The van der Waals surface area contributed by atoms with Gasteiger partial charge < -0.3 is 15.6 Å². The number of amides is 2. The van der Waals surface area contributed by atoms with Crippen LogP contribution in [0.25, 0.3) is 11.0 Å². The van der Waals surface area contributed by atoms with Crippen molar-refractivity contribution in [2.24, 2.45) is 0 Å². The number of anilines is 2. The molecule has 1 aromatic carbocycles. The van der Waals surface area contributed by atoms with Crippen molar-refractivity contribution in [2.45, 2.75) is 19.5 Å². The fourth-order valence-electron chi connectivity index (χ4n) is 2.37. The molecule has 25 heavy (non-hydrogen) atoms. The van der Waals surface area contributed by atoms with E-state index in [1.807, 2.05) is 13.0 Å². The quantitative estimate of drug-likeness (QED) is 0.637. The minimum absolute atomic E-state index is 0.262. The number of aromatic nitrogens is 2. The normalized spacial score (nSPS) is 11.5. The number of H-pyrrole nitrogens is 1. The molecule has 8 heteroatoms. The van der Waals surface area contributed by atoms with Gasteiger partial charge in [-0.05, 0) is 42.3 Å². The van der Waals surface area contributed by atoms with Gasteiger partial charge in [0, 0.05) is 23.5 Å². The molecule has 2 aromatic heterocycles. The van der Waals surface area contributed by atoms with E-state index in [-0.39, 0.29) is 5.69 Å². The van der Waals surface area contributed by atoms with Crippen molar-refractivity contribution < 1.29 is 18.0 Å². The molecule has 0 aliphatic carbocycles. The lowest BCUT2D eigenvalue weighted by Crippen LogP contribution is -2.19. The first-order valence-electron chi connectivity index (χ1n) is 7.58. The molecule has 3 aromatic rings. The van der Waals surface area contributed by atoms with Gasteiger partial charge in [0.1, 0.15) is 5.65 Å². The number of nitrogens with zero attached hydrogens (tertiary/aromatic N) is 1. The maximum atomic E-state index is 12.5. The molecule has 0 fully saturated rings. The van der Waals surface area contributed by atoms with E-state index in [1.165, 1.54) is 12.1 Å². The maximum absolute atomic E-state index is 12.5. The Balaban J connectivity index is 1.72. The molecule has 0 radical (unpaired) electrons. The summed E-state index contributed by atoms with van der Waals surface area (Å²) in [6.45, 7) is 2.00. The monoisotopic (exact) mass is 348 g/mol. The van der Waals surface area contributed by atoms with Crippen LogP contribution in [0.5, 0.6) is 0 Å². The third-order valence-electron chi connectivity index (χ3n) is 3.71. The summed E-state index contributed by atoms with van der Waals surface area (Å²) >= 11 is 0. The number of carbonyl (C=O) groups excluding carboxylic acids is 1. The summed E-state index contributed by atoms with van der Waals surface area (Å²) in [4.78, 5) is 19.3. The van der Waals surface area contributed by atoms with E-state index < -0.39 is 17.8 Å². The number of aromatic amines is 1. The first-order valence-corrected chi connectivity index (χ1v) is 7.58. The summed E-state index contributed by atoms with van der Waals surface area (Å²) in [5.41, 5.74) is 1.70. The number of benzene rings is 1. The zero-order valence-corrected chi connectivity index (χ0v) is 13.2. The SMILES string of the molecule is CCc1cnc2[nH]cc(NC(=O)Nc3ccc(C(F)(F)F)cc3)c2c1. The van der Waals surface area contributed by atoms with E-state index in [1.54, 1.807) is 12.4 Å². The van der Waals surface area contributed by atoms with Crippen LogP contribution in [0.2, 0.25) is 0 Å². The minimum Gasteiger partial charge on any atom is -0.344 e. The van der Waals surface area contributed by atoms with Crippen LogP contribution in [-0.2, 0) is 12.6 Å². The number of carbonyl (C=O) groups is 1. The molecule has 130 valence electrons. The molecule has 5 nitrogen and oxygen atoms in total. The number of nitrogens with one attached hydrogen (secondary N) is 3. The lowest BCUT2D eigenvalue weighted by Gasteiger charge is -2.09. The molecule has 0 bridgehead atoms. The number of pyridine rings is 1. The molecular weight excluding hydrogens is 333 g/mol. The number of aryl methyl sites for hydroxylation is 1. The van der Waals surface area contributed by atoms with Gasteiger partial charge in [-0.15, -0.1) is 0 Å². The van der Waals surface area contributed by atoms with Crippen LogP contribution >= 0.6 is 0 Å². The largest absolute Gasteiger partial charge is 0.416 e. The Morgan fingerprint density at radius 2 is 1.92 bits per heavy atom. The highest BCUT2D eigenvalue weighted by atomic mass is 19.4. The van der Waals surface area contributed by atoms with E-state index >= 15 is 0 Å². The second kappa shape index (κ2) is 6.46. The molecule has 0 saturated carbocycles. The van der Waals surface area contributed by atoms with Crippen molar-refractivity contribution >= 4 is 28.4 Å². The molecule has 0 aliphatic heterocycles. The molecule has 0 unspecified atom stereocenters. The highest BCUT2D eigenvalue weighted by Gasteiger charge is 2.29. The number of hydrogen-bond acceptors (Lipinski definition) is 2. The van der Waals surface area contributed by atoms with Crippen LogP contribution in [0.3, 0.4) is 0 Å². The molecule has 3 N–H and O–H groups in total. The van der Waals surface area contributed by atoms with Gasteiger partial charge in [-0.1, -0.05) is 6.92 Å². The molecule has 0 saturated heterocycles. The summed E-state index contributed by atoms with van der Waals surface area (Å²) < 4.78 is 37.6.